The van der Waals surface area contributed by atoms with Gasteiger partial charge in [-0.25, -0.2) is 4.98 Å². The topological polar surface area (TPSA) is 46.9 Å². The Morgan fingerprint density at radius 1 is 1.27 bits per heavy atom. The van der Waals surface area contributed by atoms with Crippen LogP contribution >= 0.6 is 11.6 Å². The number of halogens is 1. The van der Waals surface area contributed by atoms with Crippen LogP contribution in [-0.4, -0.2) is 15.6 Å². The lowest BCUT2D eigenvalue weighted by Gasteiger charge is -2.04. The van der Waals surface area contributed by atoms with Gasteiger partial charge in [0.25, 0.3) is 5.91 Å². The smallest absolute Gasteiger partial charge is 0.268 e. The molecule has 0 atom stereocenters. The summed E-state index contributed by atoms with van der Waals surface area (Å²) in [5.41, 5.74) is 2.91. The van der Waals surface area contributed by atoms with Crippen LogP contribution in [0.4, 0.5) is 0 Å². The minimum Gasteiger partial charge on any atom is -0.268 e. The number of nitrogens with one attached hydrogen (secondary N) is 1. The zero-order valence-corrected chi connectivity index (χ0v) is 8.48. The lowest BCUT2D eigenvalue weighted by atomic mass is 10.3. The molecule has 15 heavy (non-hydrogen) atoms. The van der Waals surface area contributed by atoms with Crippen molar-refractivity contribution in [3.05, 3.63) is 53.6 Å². The van der Waals surface area contributed by atoms with Gasteiger partial charge in [-0.15, -0.1) is 0 Å². The van der Waals surface area contributed by atoms with E-state index in [0.717, 1.165) is 0 Å². The molecule has 2 rings (SSSR count). The molecule has 0 bridgehead atoms. The van der Waals surface area contributed by atoms with Crippen molar-refractivity contribution in [1.29, 1.82) is 0 Å². The number of pyridine rings is 1. The minimum absolute atomic E-state index is 0.288. The van der Waals surface area contributed by atoms with Gasteiger partial charge in [0.05, 0.1) is 0 Å². The van der Waals surface area contributed by atoms with Crippen LogP contribution in [0, 0.1) is 0 Å². The van der Waals surface area contributed by atoms with Crippen LogP contribution < -0.4 is 5.43 Å². The third-order valence-electron chi connectivity index (χ3n) is 1.78. The van der Waals surface area contributed by atoms with Crippen molar-refractivity contribution in [3.63, 3.8) is 0 Å². The van der Waals surface area contributed by atoms with E-state index in [1.165, 1.54) is 0 Å². The highest BCUT2D eigenvalue weighted by Crippen LogP contribution is 2.05. The molecule has 2 aromatic rings. The largest absolute Gasteiger partial charge is 0.288 e. The Hall–Kier alpha value is -1.81. The SMILES string of the molecule is O=C(Nn1cccc1)c1cccc(Cl)n1. The molecular weight excluding hydrogens is 214 g/mol. The van der Waals surface area contributed by atoms with Gasteiger partial charge in [0.1, 0.15) is 10.8 Å². The van der Waals surface area contributed by atoms with Crippen molar-refractivity contribution >= 4 is 17.5 Å². The van der Waals surface area contributed by atoms with E-state index in [-0.39, 0.29) is 11.6 Å². The Morgan fingerprint density at radius 2 is 2.00 bits per heavy atom. The average Bonchev–Trinajstić information content (AvgIpc) is 2.70. The molecule has 0 saturated carbocycles. The number of aromatic nitrogens is 2. The number of hydrogen-bond acceptors (Lipinski definition) is 2. The van der Waals surface area contributed by atoms with E-state index < -0.39 is 0 Å². The molecule has 0 aromatic carbocycles. The van der Waals surface area contributed by atoms with Gasteiger partial charge >= 0.3 is 0 Å². The van der Waals surface area contributed by atoms with E-state index in [9.17, 15) is 4.79 Å². The standard InChI is InChI=1S/C10H8ClN3O/c11-9-5-3-4-8(12-9)10(15)13-14-6-1-2-7-14/h1-7H,(H,13,15). The second-order valence-electron chi connectivity index (χ2n) is 2.88. The molecule has 5 heteroatoms. The molecule has 1 amide bonds. The minimum atomic E-state index is -0.297. The molecule has 1 N–H and O–H groups in total. The Labute approximate surface area is 91.5 Å². The second-order valence-corrected chi connectivity index (χ2v) is 3.26. The number of hydrogen-bond donors (Lipinski definition) is 1. The van der Waals surface area contributed by atoms with Gasteiger partial charge in [-0.1, -0.05) is 17.7 Å². The van der Waals surface area contributed by atoms with Crippen LogP contribution in [0.3, 0.4) is 0 Å². The summed E-state index contributed by atoms with van der Waals surface area (Å²) in [6.07, 6.45) is 3.45. The van der Waals surface area contributed by atoms with Crippen LogP contribution in [-0.2, 0) is 0 Å². The van der Waals surface area contributed by atoms with Gasteiger partial charge in [-0.2, -0.15) is 0 Å². The zero-order valence-electron chi connectivity index (χ0n) is 7.72. The fourth-order valence-corrected chi connectivity index (χ4v) is 1.28. The third-order valence-corrected chi connectivity index (χ3v) is 1.99. The van der Waals surface area contributed by atoms with Gasteiger partial charge in [-0.3, -0.25) is 14.9 Å². The van der Waals surface area contributed by atoms with Crippen molar-refractivity contribution in [3.8, 4) is 0 Å². The first-order valence-corrected chi connectivity index (χ1v) is 4.70. The molecule has 0 spiro atoms. The molecule has 2 heterocycles. The summed E-state index contributed by atoms with van der Waals surface area (Å²) >= 11 is 5.67. The van der Waals surface area contributed by atoms with Crippen molar-refractivity contribution < 1.29 is 4.79 Å². The maximum absolute atomic E-state index is 11.6. The van der Waals surface area contributed by atoms with E-state index in [1.54, 1.807) is 35.3 Å². The highest BCUT2D eigenvalue weighted by atomic mass is 35.5. The molecule has 4 nitrogen and oxygen atoms in total. The molecule has 0 aliphatic carbocycles. The average molecular weight is 222 g/mol. The van der Waals surface area contributed by atoms with Gasteiger partial charge in [0.2, 0.25) is 0 Å². The normalized spacial score (nSPS) is 9.93. The zero-order chi connectivity index (χ0) is 10.7. The summed E-state index contributed by atoms with van der Waals surface area (Å²) in [6.45, 7) is 0. The van der Waals surface area contributed by atoms with E-state index in [2.05, 4.69) is 10.4 Å². The second kappa shape index (κ2) is 4.14. The van der Waals surface area contributed by atoms with Crippen LogP contribution in [0.2, 0.25) is 5.15 Å². The van der Waals surface area contributed by atoms with Crippen molar-refractivity contribution in [2.75, 3.05) is 5.43 Å². The summed E-state index contributed by atoms with van der Waals surface area (Å²) in [7, 11) is 0. The lowest BCUT2D eigenvalue weighted by Crippen LogP contribution is -2.22. The van der Waals surface area contributed by atoms with E-state index in [4.69, 9.17) is 11.6 Å². The molecule has 0 fully saturated rings. The number of carbonyl (C=O) groups is 1. The third kappa shape index (κ3) is 2.35. The Kier molecular flexibility index (Phi) is 2.69. The summed E-state index contributed by atoms with van der Waals surface area (Å²) in [5.74, 6) is -0.297. The fourth-order valence-electron chi connectivity index (χ4n) is 1.12. The quantitative estimate of drug-likeness (QED) is 0.788. The van der Waals surface area contributed by atoms with Crippen LogP contribution in [0.25, 0.3) is 0 Å². The number of carbonyl (C=O) groups excluding carboxylic acids is 1. The van der Waals surface area contributed by atoms with Crippen LogP contribution in [0.15, 0.2) is 42.7 Å². The van der Waals surface area contributed by atoms with E-state index in [0.29, 0.717) is 5.15 Å². The summed E-state index contributed by atoms with van der Waals surface area (Å²) < 4.78 is 1.55. The molecule has 0 aliphatic heterocycles. The monoisotopic (exact) mass is 221 g/mol. The maximum Gasteiger partial charge on any atom is 0.288 e. The van der Waals surface area contributed by atoms with Gasteiger partial charge in [0, 0.05) is 12.4 Å². The molecule has 0 saturated heterocycles. The van der Waals surface area contributed by atoms with E-state index >= 15 is 0 Å². The molecule has 76 valence electrons. The highest BCUT2D eigenvalue weighted by Gasteiger charge is 2.06. The molecule has 2 aromatic heterocycles. The molecule has 0 unspecified atom stereocenters. The fraction of sp³-hybridized carbons (Fsp3) is 0. The highest BCUT2D eigenvalue weighted by molar-refractivity contribution is 6.29. The van der Waals surface area contributed by atoms with Crippen molar-refractivity contribution in [2.45, 2.75) is 0 Å². The van der Waals surface area contributed by atoms with Crippen molar-refractivity contribution in [2.24, 2.45) is 0 Å². The van der Waals surface area contributed by atoms with Gasteiger partial charge in [0.15, 0.2) is 0 Å². The first kappa shape index (κ1) is 9.73. The number of rotatable bonds is 2. The van der Waals surface area contributed by atoms with Crippen LogP contribution in [0.1, 0.15) is 10.5 Å². The maximum atomic E-state index is 11.6. The molecular formula is C10H8ClN3O. The van der Waals surface area contributed by atoms with Crippen LogP contribution in [0.5, 0.6) is 0 Å². The molecule has 0 aliphatic rings. The Bertz CT molecular complexity index is 467. The molecule has 0 radical (unpaired) electrons. The lowest BCUT2D eigenvalue weighted by molar-refractivity contribution is 0.100. The van der Waals surface area contributed by atoms with Crippen molar-refractivity contribution in [1.82, 2.24) is 9.66 Å². The summed E-state index contributed by atoms with van der Waals surface area (Å²) in [4.78, 5) is 15.5. The predicted octanol–water partition coefficient (Wildman–Crippen LogP) is 1.92. The Balaban J connectivity index is 2.15. The number of amides is 1. The predicted molar refractivity (Wildman–Crippen MR) is 57.4 cm³/mol. The van der Waals surface area contributed by atoms with Gasteiger partial charge < -0.3 is 0 Å². The van der Waals surface area contributed by atoms with E-state index in [1.807, 2.05) is 12.1 Å². The number of nitrogens with zero attached hydrogens (tertiary/aromatic N) is 2. The Morgan fingerprint density at radius 3 is 2.67 bits per heavy atom. The summed E-state index contributed by atoms with van der Waals surface area (Å²) in [6, 6.07) is 8.52. The first-order valence-electron chi connectivity index (χ1n) is 4.32. The first-order chi connectivity index (χ1) is 7.25. The van der Waals surface area contributed by atoms with Gasteiger partial charge in [-0.05, 0) is 24.3 Å². The summed E-state index contributed by atoms with van der Waals surface area (Å²) in [5, 5.41) is 0.301.